The average Bonchev–Trinajstić information content (AvgIpc) is 2.68. The number of carboxylic acids is 1. The molecular formula is C22H17Cl2NO4. The summed E-state index contributed by atoms with van der Waals surface area (Å²) in [5.74, 6) is -1.67. The summed E-state index contributed by atoms with van der Waals surface area (Å²) in [6, 6.07) is 17.5. The first kappa shape index (κ1) is 20.7. The molecule has 0 saturated heterocycles. The van der Waals surface area contributed by atoms with E-state index in [1.165, 1.54) is 12.1 Å². The minimum atomic E-state index is -1.17. The molecule has 0 aliphatic carbocycles. The Morgan fingerprint density at radius 3 is 2.10 bits per heavy atom. The maximum atomic E-state index is 12.5. The van der Waals surface area contributed by atoms with Crippen LogP contribution in [0.5, 0.6) is 5.75 Å². The van der Waals surface area contributed by atoms with Gasteiger partial charge in [0, 0.05) is 12.0 Å². The number of carbonyl (C=O) groups is 2. The molecule has 1 atom stereocenters. The normalized spacial score (nSPS) is 11.7. The van der Waals surface area contributed by atoms with E-state index in [4.69, 9.17) is 23.2 Å². The lowest BCUT2D eigenvalue weighted by atomic mass is 10.00. The topological polar surface area (TPSA) is 86.6 Å². The lowest BCUT2D eigenvalue weighted by Crippen LogP contribution is -2.42. The number of nitrogens with one attached hydrogen (secondary N) is 1. The van der Waals surface area contributed by atoms with Gasteiger partial charge in [0.2, 0.25) is 0 Å². The molecule has 3 N–H and O–H groups in total. The second kappa shape index (κ2) is 8.99. The SMILES string of the molecule is O=C(N[C@@H](Cc1ccc(-c2ccccc2O)cc1)C(=O)O)c1c(Cl)cccc1Cl. The summed E-state index contributed by atoms with van der Waals surface area (Å²) in [7, 11) is 0. The molecule has 148 valence electrons. The highest BCUT2D eigenvalue weighted by Crippen LogP contribution is 2.29. The number of phenols is 1. The third kappa shape index (κ3) is 4.88. The lowest BCUT2D eigenvalue weighted by Gasteiger charge is -2.16. The van der Waals surface area contributed by atoms with Gasteiger partial charge in [-0.15, -0.1) is 0 Å². The summed E-state index contributed by atoms with van der Waals surface area (Å²) in [6.45, 7) is 0. The average molecular weight is 430 g/mol. The number of carboxylic acid groups (broad SMARTS) is 1. The highest BCUT2D eigenvalue weighted by atomic mass is 35.5. The molecule has 0 heterocycles. The fourth-order valence-electron chi connectivity index (χ4n) is 2.92. The van der Waals surface area contributed by atoms with E-state index in [1.54, 1.807) is 48.5 Å². The summed E-state index contributed by atoms with van der Waals surface area (Å²) < 4.78 is 0. The van der Waals surface area contributed by atoms with Crippen molar-refractivity contribution < 1.29 is 19.8 Å². The van der Waals surface area contributed by atoms with E-state index in [9.17, 15) is 19.8 Å². The summed E-state index contributed by atoms with van der Waals surface area (Å²) in [5.41, 5.74) is 2.22. The maximum absolute atomic E-state index is 12.5. The van der Waals surface area contributed by atoms with E-state index in [1.807, 2.05) is 6.07 Å². The van der Waals surface area contributed by atoms with Crippen LogP contribution in [0.2, 0.25) is 10.0 Å². The molecule has 3 aromatic carbocycles. The van der Waals surface area contributed by atoms with Crippen molar-refractivity contribution >= 4 is 35.1 Å². The number of carbonyl (C=O) groups excluding carboxylic acids is 1. The quantitative estimate of drug-likeness (QED) is 0.525. The van der Waals surface area contributed by atoms with E-state index in [2.05, 4.69) is 5.32 Å². The first-order chi connectivity index (χ1) is 13.9. The van der Waals surface area contributed by atoms with Crippen molar-refractivity contribution in [1.82, 2.24) is 5.32 Å². The predicted molar refractivity (Wildman–Crippen MR) is 113 cm³/mol. The van der Waals surface area contributed by atoms with Crippen LogP contribution < -0.4 is 5.32 Å². The highest BCUT2D eigenvalue weighted by molar-refractivity contribution is 6.39. The Labute approximate surface area is 177 Å². The van der Waals surface area contributed by atoms with Crippen LogP contribution in [0.3, 0.4) is 0 Å². The first-order valence-corrected chi connectivity index (χ1v) is 9.47. The molecule has 5 nitrogen and oxygen atoms in total. The van der Waals surface area contributed by atoms with Crippen LogP contribution >= 0.6 is 23.2 Å². The molecule has 7 heteroatoms. The Morgan fingerprint density at radius 1 is 0.897 bits per heavy atom. The maximum Gasteiger partial charge on any atom is 0.326 e. The van der Waals surface area contributed by atoms with Crippen LogP contribution in [-0.2, 0) is 11.2 Å². The zero-order valence-electron chi connectivity index (χ0n) is 15.1. The van der Waals surface area contributed by atoms with Gasteiger partial charge in [0.1, 0.15) is 11.8 Å². The molecule has 3 rings (SSSR count). The van der Waals surface area contributed by atoms with Crippen molar-refractivity contribution in [3.63, 3.8) is 0 Å². The summed E-state index contributed by atoms with van der Waals surface area (Å²) in [6.07, 6.45) is 0.0736. The molecule has 0 bridgehead atoms. The van der Waals surface area contributed by atoms with Crippen LogP contribution in [0.1, 0.15) is 15.9 Å². The van der Waals surface area contributed by atoms with Crippen molar-refractivity contribution in [2.75, 3.05) is 0 Å². The fraction of sp³-hybridized carbons (Fsp3) is 0.0909. The number of amides is 1. The van der Waals surface area contributed by atoms with Crippen molar-refractivity contribution in [2.24, 2.45) is 0 Å². The van der Waals surface area contributed by atoms with E-state index < -0.39 is 17.9 Å². The minimum absolute atomic E-state index is 0.0389. The number of benzene rings is 3. The van der Waals surface area contributed by atoms with Crippen LogP contribution in [-0.4, -0.2) is 28.1 Å². The zero-order valence-corrected chi connectivity index (χ0v) is 16.6. The molecule has 0 spiro atoms. The molecule has 0 radical (unpaired) electrons. The number of para-hydroxylation sites is 1. The molecule has 0 fully saturated rings. The molecule has 0 aliphatic heterocycles. The minimum Gasteiger partial charge on any atom is -0.507 e. The second-order valence-corrected chi connectivity index (χ2v) is 7.19. The Bertz CT molecular complexity index is 1030. The molecule has 0 saturated carbocycles. The van der Waals surface area contributed by atoms with Crippen molar-refractivity contribution in [3.8, 4) is 16.9 Å². The summed E-state index contributed by atoms with van der Waals surface area (Å²) >= 11 is 12.0. The number of phenolic OH excluding ortho intramolecular Hbond substituents is 1. The molecule has 1 amide bonds. The van der Waals surface area contributed by atoms with Gasteiger partial charge in [-0.05, 0) is 29.3 Å². The monoisotopic (exact) mass is 429 g/mol. The zero-order chi connectivity index (χ0) is 21.0. The van der Waals surface area contributed by atoms with Gasteiger partial charge >= 0.3 is 5.97 Å². The van der Waals surface area contributed by atoms with Crippen LogP contribution in [0.15, 0.2) is 66.7 Å². The number of rotatable bonds is 6. The van der Waals surface area contributed by atoms with Gasteiger partial charge < -0.3 is 15.5 Å². The second-order valence-electron chi connectivity index (χ2n) is 6.38. The van der Waals surface area contributed by atoms with Crippen molar-refractivity contribution in [2.45, 2.75) is 12.5 Å². The van der Waals surface area contributed by atoms with Gasteiger partial charge in [-0.1, -0.05) is 71.7 Å². The Balaban J connectivity index is 1.77. The number of aromatic hydroxyl groups is 1. The van der Waals surface area contributed by atoms with Gasteiger partial charge in [-0.3, -0.25) is 4.79 Å². The third-order valence-corrected chi connectivity index (χ3v) is 5.03. The lowest BCUT2D eigenvalue weighted by molar-refractivity contribution is -0.139. The van der Waals surface area contributed by atoms with E-state index in [-0.39, 0.29) is 27.8 Å². The standard InChI is InChI=1S/C22H17Cl2NO4/c23-16-5-3-6-17(24)20(16)21(27)25-18(22(28)29)12-13-8-10-14(11-9-13)15-4-1-2-7-19(15)26/h1-11,18,26H,12H2,(H,25,27)(H,28,29)/t18-/m0/s1. The Morgan fingerprint density at radius 2 is 1.52 bits per heavy atom. The van der Waals surface area contributed by atoms with E-state index >= 15 is 0 Å². The van der Waals surface area contributed by atoms with Crippen molar-refractivity contribution in [3.05, 3.63) is 87.9 Å². The highest BCUT2D eigenvalue weighted by Gasteiger charge is 2.23. The molecular weight excluding hydrogens is 413 g/mol. The largest absolute Gasteiger partial charge is 0.507 e. The smallest absolute Gasteiger partial charge is 0.326 e. The van der Waals surface area contributed by atoms with Gasteiger partial charge in [0.15, 0.2) is 0 Å². The number of aliphatic carboxylic acids is 1. The number of halogens is 2. The number of hydrogen-bond donors (Lipinski definition) is 3. The van der Waals surface area contributed by atoms with Gasteiger partial charge in [0.05, 0.1) is 15.6 Å². The van der Waals surface area contributed by atoms with Crippen LogP contribution in [0.4, 0.5) is 0 Å². The van der Waals surface area contributed by atoms with Crippen molar-refractivity contribution in [1.29, 1.82) is 0 Å². The Kier molecular flexibility index (Phi) is 6.42. The van der Waals surface area contributed by atoms with Gasteiger partial charge in [-0.2, -0.15) is 0 Å². The molecule has 0 aliphatic rings. The van der Waals surface area contributed by atoms with E-state index in [0.717, 1.165) is 5.56 Å². The number of hydrogen-bond acceptors (Lipinski definition) is 3. The molecule has 0 unspecified atom stereocenters. The summed E-state index contributed by atoms with van der Waals surface area (Å²) in [5, 5.41) is 22.2. The van der Waals surface area contributed by atoms with Gasteiger partial charge in [0.25, 0.3) is 5.91 Å². The van der Waals surface area contributed by atoms with Crippen LogP contribution in [0, 0.1) is 0 Å². The van der Waals surface area contributed by atoms with E-state index in [0.29, 0.717) is 11.1 Å². The van der Waals surface area contributed by atoms with Gasteiger partial charge in [-0.25, -0.2) is 4.79 Å². The third-order valence-electron chi connectivity index (χ3n) is 4.40. The molecule has 0 aromatic heterocycles. The predicted octanol–water partition coefficient (Wildman–Crippen LogP) is 4.79. The summed E-state index contributed by atoms with van der Waals surface area (Å²) in [4.78, 5) is 24.2. The Hall–Kier alpha value is -3.02. The first-order valence-electron chi connectivity index (χ1n) is 8.72. The van der Waals surface area contributed by atoms with Crippen LogP contribution in [0.25, 0.3) is 11.1 Å². The fourth-order valence-corrected chi connectivity index (χ4v) is 3.49. The molecule has 3 aromatic rings. The molecule has 29 heavy (non-hydrogen) atoms.